The van der Waals surface area contributed by atoms with Gasteiger partial charge in [0.2, 0.25) is 5.91 Å². The van der Waals surface area contributed by atoms with Crippen molar-refractivity contribution in [3.63, 3.8) is 0 Å². The lowest BCUT2D eigenvalue weighted by atomic mass is 10.2. The minimum atomic E-state index is -0.989. The topological polar surface area (TPSA) is 54.0 Å². The number of pyridine rings is 1. The summed E-state index contributed by atoms with van der Waals surface area (Å²) in [6.45, 7) is 0.189. The van der Waals surface area contributed by atoms with Gasteiger partial charge in [-0.15, -0.1) is 24.8 Å². The third-order valence-corrected chi connectivity index (χ3v) is 2.37. The van der Waals surface area contributed by atoms with E-state index in [1.807, 2.05) is 0 Å². The fourth-order valence-electron chi connectivity index (χ4n) is 1.56. The van der Waals surface area contributed by atoms with Crippen molar-refractivity contribution in [1.29, 1.82) is 0 Å². The molecule has 0 aromatic carbocycles. The number of amides is 1. The van der Waals surface area contributed by atoms with Crippen molar-refractivity contribution in [3.05, 3.63) is 24.1 Å². The maximum absolute atomic E-state index is 12.8. The Hall–Kier alpha value is -0.980. The number of halogens is 4. The Labute approximate surface area is 115 Å². The Balaban J connectivity index is 0.00000144. The van der Waals surface area contributed by atoms with Crippen LogP contribution in [0.3, 0.4) is 0 Å². The Bertz CT molecular complexity index is 391. The summed E-state index contributed by atoms with van der Waals surface area (Å²) in [5.41, 5.74) is 0. The average Bonchev–Trinajstić information content (AvgIpc) is 2.68. The molecule has 1 aromatic heterocycles. The Kier molecular flexibility index (Phi) is 7.05. The van der Waals surface area contributed by atoms with Crippen LogP contribution >= 0.6 is 24.8 Å². The summed E-state index contributed by atoms with van der Waals surface area (Å²) in [6, 6.07) is 2.01. The van der Waals surface area contributed by atoms with Crippen LogP contribution in [0, 0.1) is 5.82 Å². The standard InChI is InChI=1S/C10H11F2N3O.2ClH/c11-6-1-2-9(14-4-6)15-10(16)8-3-7(12)5-13-8;;/h1-2,4,7-8,13H,3,5H2,(H,14,15,16);2*1H/t7-,8+;;/m0../s1. The lowest BCUT2D eigenvalue weighted by molar-refractivity contribution is -0.117. The first-order valence-corrected chi connectivity index (χ1v) is 4.95. The molecule has 0 bridgehead atoms. The highest BCUT2D eigenvalue weighted by Gasteiger charge is 2.29. The zero-order valence-electron chi connectivity index (χ0n) is 9.23. The molecule has 0 unspecified atom stereocenters. The molecule has 2 rings (SSSR count). The van der Waals surface area contributed by atoms with Crippen LogP contribution in [-0.4, -0.2) is 29.6 Å². The summed E-state index contributed by atoms with van der Waals surface area (Å²) in [5.74, 6) is -0.560. The van der Waals surface area contributed by atoms with Crippen molar-refractivity contribution in [1.82, 2.24) is 10.3 Å². The quantitative estimate of drug-likeness (QED) is 0.874. The summed E-state index contributed by atoms with van der Waals surface area (Å²) in [7, 11) is 0. The van der Waals surface area contributed by atoms with Gasteiger partial charge in [0.25, 0.3) is 0 Å². The predicted molar refractivity (Wildman–Crippen MR) is 68.6 cm³/mol. The maximum Gasteiger partial charge on any atom is 0.242 e. The van der Waals surface area contributed by atoms with E-state index in [1.165, 1.54) is 12.1 Å². The van der Waals surface area contributed by atoms with Gasteiger partial charge in [-0.25, -0.2) is 13.8 Å². The average molecular weight is 300 g/mol. The van der Waals surface area contributed by atoms with Gasteiger partial charge in [-0.05, 0) is 12.1 Å². The molecule has 1 aliphatic rings. The van der Waals surface area contributed by atoms with E-state index in [9.17, 15) is 13.6 Å². The molecule has 1 aliphatic heterocycles. The molecule has 18 heavy (non-hydrogen) atoms. The van der Waals surface area contributed by atoms with E-state index in [4.69, 9.17) is 0 Å². The van der Waals surface area contributed by atoms with Crippen molar-refractivity contribution >= 4 is 36.5 Å². The molecule has 102 valence electrons. The number of hydrogen-bond acceptors (Lipinski definition) is 3. The minimum absolute atomic E-state index is 0. The number of carbonyl (C=O) groups is 1. The summed E-state index contributed by atoms with van der Waals surface area (Å²) in [4.78, 5) is 15.3. The molecular weight excluding hydrogens is 287 g/mol. The number of nitrogens with zero attached hydrogens (tertiary/aromatic N) is 1. The zero-order chi connectivity index (χ0) is 11.5. The van der Waals surface area contributed by atoms with E-state index in [0.717, 1.165) is 6.20 Å². The van der Waals surface area contributed by atoms with Gasteiger partial charge >= 0.3 is 0 Å². The van der Waals surface area contributed by atoms with Crippen LogP contribution in [0.4, 0.5) is 14.6 Å². The van der Waals surface area contributed by atoms with Crippen molar-refractivity contribution in [2.24, 2.45) is 0 Å². The van der Waals surface area contributed by atoms with E-state index in [1.54, 1.807) is 0 Å². The molecule has 2 heterocycles. The number of anilines is 1. The molecule has 8 heteroatoms. The van der Waals surface area contributed by atoms with Crippen LogP contribution in [0.1, 0.15) is 6.42 Å². The van der Waals surface area contributed by atoms with Crippen molar-refractivity contribution in [2.45, 2.75) is 18.6 Å². The zero-order valence-corrected chi connectivity index (χ0v) is 10.9. The van der Waals surface area contributed by atoms with Crippen LogP contribution in [0.15, 0.2) is 18.3 Å². The second kappa shape index (κ2) is 7.45. The Morgan fingerprint density at radius 1 is 1.44 bits per heavy atom. The largest absolute Gasteiger partial charge is 0.309 e. The molecule has 4 nitrogen and oxygen atoms in total. The summed E-state index contributed by atoms with van der Waals surface area (Å²) in [5, 5.41) is 5.23. The molecule has 1 amide bonds. The van der Waals surface area contributed by atoms with Crippen LogP contribution in [0.25, 0.3) is 0 Å². The van der Waals surface area contributed by atoms with E-state index >= 15 is 0 Å². The Morgan fingerprint density at radius 3 is 2.67 bits per heavy atom. The number of rotatable bonds is 2. The highest BCUT2D eigenvalue weighted by molar-refractivity contribution is 5.94. The Morgan fingerprint density at radius 2 is 2.17 bits per heavy atom. The maximum atomic E-state index is 12.8. The molecule has 1 aromatic rings. The lowest BCUT2D eigenvalue weighted by Crippen LogP contribution is -2.35. The van der Waals surface area contributed by atoms with Gasteiger partial charge in [-0.1, -0.05) is 0 Å². The van der Waals surface area contributed by atoms with Gasteiger partial charge in [0.05, 0.1) is 12.2 Å². The highest BCUT2D eigenvalue weighted by Crippen LogP contribution is 2.12. The second-order valence-corrected chi connectivity index (χ2v) is 3.64. The van der Waals surface area contributed by atoms with Gasteiger partial charge < -0.3 is 10.6 Å². The fraction of sp³-hybridized carbons (Fsp3) is 0.400. The first-order chi connectivity index (χ1) is 7.65. The lowest BCUT2D eigenvalue weighted by Gasteiger charge is -2.09. The molecule has 2 atom stereocenters. The van der Waals surface area contributed by atoms with Crippen molar-refractivity contribution in [3.8, 4) is 0 Å². The van der Waals surface area contributed by atoms with E-state index in [-0.39, 0.29) is 49.5 Å². The molecule has 0 radical (unpaired) electrons. The third kappa shape index (κ3) is 4.36. The van der Waals surface area contributed by atoms with Gasteiger partial charge in [-0.2, -0.15) is 0 Å². The summed E-state index contributed by atoms with van der Waals surface area (Å²) in [6.07, 6.45) is 0.180. The number of carbonyl (C=O) groups excluding carboxylic acids is 1. The first-order valence-electron chi connectivity index (χ1n) is 4.95. The second-order valence-electron chi connectivity index (χ2n) is 3.64. The van der Waals surface area contributed by atoms with Gasteiger partial charge in [0.15, 0.2) is 0 Å². The number of hydrogen-bond donors (Lipinski definition) is 2. The van der Waals surface area contributed by atoms with Crippen LogP contribution < -0.4 is 10.6 Å². The van der Waals surface area contributed by atoms with Crippen molar-refractivity contribution < 1.29 is 13.6 Å². The molecular formula is C10H13Cl2F2N3O. The number of alkyl halides is 1. The van der Waals surface area contributed by atoms with E-state index in [0.29, 0.717) is 0 Å². The SMILES string of the molecule is Cl.Cl.O=C(Nc1ccc(F)cn1)[C@H]1C[C@H](F)CN1. The van der Waals surface area contributed by atoms with E-state index < -0.39 is 18.0 Å². The molecule has 2 N–H and O–H groups in total. The first kappa shape index (κ1) is 17.0. The number of nitrogens with one attached hydrogen (secondary N) is 2. The predicted octanol–water partition coefficient (Wildman–Crippen LogP) is 1.70. The third-order valence-electron chi connectivity index (χ3n) is 2.37. The minimum Gasteiger partial charge on any atom is -0.309 e. The molecule has 0 aliphatic carbocycles. The molecule has 1 saturated heterocycles. The monoisotopic (exact) mass is 299 g/mol. The summed E-state index contributed by atoms with van der Waals surface area (Å²) < 4.78 is 25.4. The molecule has 0 spiro atoms. The summed E-state index contributed by atoms with van der Waals surface area (Å²) >= 11 is 0. The number of aromatic nitrogens is 1. The smallest absolute Gasteiger partial charge is 0.242 e. The van der Waals surface area contributed by atoms with Crippen molar-refractivity contribution in [2.75, 3.05) is 11.9 Å². The normalized spacial score (nSPS) is 21.7. The fourth-order valence-corrected chi connectivity index (χ4v) is 1.56. The van der Waals surface area contributed by atoms with Crippen LogP contribution in [0.5, 0.6) is 0 Å². The van der Waals surface area contributed by atoms with Crippen LogP contribution in [0.2, 0.25) is 0 Å². The molecule has 0 saturated carbocycles. The highest BCUT2D eigenvalue weighted by atomic mass is 35.5. The van der Waals surface area contributed by atoms with E-state index in [2.05, 4.69) is 15.6 Å². The van der Waals surface area contributed by atoms with Crippen LogP contribution in [-0.2, 0) is 4.79 Å². The van der Waals surface area contributed by atoms with Gasteiger partial charge in [-0.3, -0.25) is 4.79 Å². The van der Waals surface area contributed by atoms with Gasteiger partial charge in [0, 0.05) is 13.0 Å². The van der Waals surface area contributed by atoms with Gasteiger partial charge in [0.1, 0.15) is 17.8 Å². The molecule has 1 fully saturated rings.